The van der Waals surface area contributed by atoms with Gasteiger partial charge in [-0.05, 0) is 17.7 Å². The average Bonchev–Trinajstić information content (AvgIpc) is 2.97. The number of carbonyl (C=O) groups is 1. The van der Waals surface area contributed by atoms with Crippen LogP contribution in [0.15, 0.2) is 30.6 Å². The van der Waals surface area contributed by atoms with Gasteiger partial charge in [-0.15, -0.1) is 0 Å². The fourth-order valence-electron chi connectivity index (χ4n) is 2.14. The summed E-state index contributed by atoms with van der Waals surface area (Å²) in [5, 5.41) is 9.48. The Hall–Kier alpha value is -2.81. The number of nitrogens with one attached hydrogen (secondary N) is 2. The summed E-state index contributed by atoms with van der Waals surface area (Å²) in [5.74, 6) is -0.266. The molecule has 0 saturated heterocycles. The summed E-state index contributed by atoms with van der Waals surface area (Å²) in [6.45, 7) is 0.346. The zero-order chi connectivity index (χ0) is 17.3. The Kier molecular flexibility index (Phi) is 4.02. The summed E-state index contributed by atoms with van der Waals surface area (Å²) in [6, 6.07) is 5.94. The second-order valence-corrected chi connectivity index (χ2v) is 6.55. The molecule has 0 saturated carbocycles. The molecule has 6 N–H and O–H groups in total. The quantitative estimate of drug-likeness (QED) is 0.397. The molecule has 0 fully saturated rings. The van der Waals surface area contributed by atoms with E-state index in [1.165, 1.54) is 18.5 Å². The maximum absolute atomic E-state index is 11.3. The molecular weight excluding hydrogens is 335 g/mol. The second-order valence-electron chi connectivity index (χ2n) is 4.95. The number of H-pyrrole nitrogens is 1. The van der Waals surface area contributed by atoms with Crippen LogP contribution in [0.2, 0.25) is 0 Å². The molecule has 24 heavy (non-hydrogen) atoms. The molecule has 3 aromatic rings. The van der Waals surface area contributed by atoms with Crippen molar-refractivity contribution in [3.05, 3.63) is 41.9 Å². The van der Waals surface area contributed by atoms with E-state index < -0.39 is 13.5 Å². The van der Waals surface area contributed by atoms with Crippen LogP contribution in [0.3, 0.4) is 0 Å². The standard InChI is InChI=1S/C13H13N6O4P/c14-12(20)10-9-11(19-18-10)13(17-6-16-9)15-5-7-1-3-8(4-2-7)24(21,22)23/h1-4,6H,5H2,(H2,14,20)(H,18,19)(H,15,16,17)(H2,21,22,23). The molecule has 0 bridgehead atoms. The van der Waals surface area contributed by atoms with Crippen LogP contribution < -0.4 is 16.4 Å². The van der Waals surface area contributed by atoms with E-state index in [4.69, 9.17) is 15.5 Å². The van der Waals surface area contributed by atoms with E-state index in [9.17, 15) is 9.36 Å². The molecule has 10 nitrogen and oxygen atoms in total. The third-order valence-electron chi connectivity index (χ3n) is 3.32. The van der Waals surface area contributed by atoms with Gasteiger partial charge in [0, 0.05) is 6.54 Å². The number of aromatic nitrogens is 4. The molecule has 3 rings (SSSR count). The highest BCUT2D eigenvalue weighted by atomic mass is 31.2. The lowest BCUT2D eigenvalue weighted by molar-refractivity contribution is 0.0997. The molecule has 124 valence electrons. The number of hydrogen-bond acceptors (Lipinski definition) is 6. The van der Waals surface area contributed by atoms with Crippen LogP contribution in [0.5, 0.6) is 0 Å². The zero-order valence-corrected chi connectivity index (χ0v) is 13.1. The summed E-state index contributed by atoms with van der Waals surface area (Å²) < 4.78 is 11.1. The molecule has 0 aliphatic carbocycles. The molecular formula is C13H13N6O4P. The molecule has 0 radical (unpaired) electrons. The predicted octanol–water partition coefficient (Wildman–Crippen LogP) is -0.133. The maximum Gasteiger partial charge on any atom is 0.356 e. The Morgan fingerprint density at radius 2 is 1.96 bits per heavy atom. The summed E-state index contributed by atoms with van der Waals surface area (Å²) in [4.78, 5) is 37.5. The molecule has 1 aromatic carbocycles. The van der Waals surface area contributed by atoms with Crippen molar-refractivity contribution in [2.24, 2.45) is 5.73 Å². The monoisotopic (exact) mass is 348 g/mol. The van der Waals surface area contributed by atoms with Crippen molar-refractivity contribution in [1.82, 2.24) is 20.2 Å². The minimum Gasteiger partial charge on any atom is -0.364 e. The van der Waals surface area contributed by atoms with Crippen molar-refractivity contribution in [3.8, 4) is 0 Å². The minimum atomic E-state index is -4.25. The van der Waals surface area contributed by atoms with E-state index in [1.54, 1.807) is 12.1 Å². The molecule has 0 unspecified atom stereocenters. The van der Waals surface area contributed by atoms with Gasteiger partial charge in [0.05, 0.1) is 5.30 Å². The molecule has 0 aliphatic heterocycles. The summed E-state index contributed by atoms with van der Waals surface area (Å²) in [6.07, 6.45) is 1.28. The van der Waals surface area contributed by atoms with Crippen molar-refractivity contribution >= 4 is 35.7 Å². The lowest BCUT2D eigenvalue weighted by atomic mass is 10.2. The van der Waals surface area contributed by atoms with Gasteiger partial charge in [0.1, 0.15) is 17.4 Å². The smallest absolute Gasteiger partial charge is 0.356 e. The first-order valence-electron chi connectivity index (χ1n) is 6.74. The molecule has 0 atom stereocenters. The Balaban J connectivity index is 1.81. The van der Waals surface area contributed by atoms with Crippen LogP contribution in [0, 0.1) is 0 Å². The number of nitrogens with two attached hydrogens (primary N) is 1. The van der Waals surface area contributed by atoms with E-state index in [0.717, 1.165) is 5.56 Å². The number of hydrogen-bond donors (Lipinski definition) is 5. The Labute approximate surface area is 135 Å². The number of nitrogens with zero attached hydrogens (tertiary/aromatic N) is 3. The van der Waals surface area contributed by atoms with Crippen molar-refractivity contribution in [2.45, 2.75) is 6.54 Å². The first kappa shape index (κ1) is 16.1. The van der Waals surface area contributed by atoms with Crippen molar-refractivity contribution < 1.29 is 19.1 Å². The number of benzene rings is 1. The van der Waals surface area contributed by atoms with Crippen molar-refractivity contribution in [3.63, 3.8) is 0 Å². The van der Waals surface area contributed by atoms with Gasteiger partial charge in [-0.25, -0.2) is 9.97 Å². The second kappa shape index (κ2) is 6.00. The van der Waals surface area contributed by atoms with Gasteiger partial charge < -0.3 is 20.8 Å². The fraction of sp³-hybridized carbons (Fsp3) is 0.0769. The summed E-state index contributed by atoms with van der Waals surface area (Å²) >= 11 is 0. The van der Waals surface area contributed by atoms with E-state index in [-0.39, 0.29) is 11.0 Å². The third-order valence-corrected chi connectivity index (χ3v) is 4.29. The first-order chi connectivity index (χ1) is 11.4. The fourth-order valence-corrected chi connectivity index (χ4v) is 2.67. The zero-order valence-electron chi connectivity index (χ0n) is 12.2. The first-order valence-corrected chi connectivity index (χ1v) is 8.35. The Morgan fingerprint density at radius 3 is 2.58 bits per heavy atom. The number of carbonyl (C=O) groups excluding carboxylic acids is 1. The van der Waals surface area contributed by atoms with Gasteiger partial charge >= 0.3 is 7.60 Å². The minimum absolute atomic E-state index is 0.0291. The van der Waals surface area contributed by atoms with Crippen LogP contribution >= 0.6 is 7.60 Å². The lowest BCUT2D eigenvalue weighted by Crippen LogP contribution is -2.12. The topological polar surface area (TPSA) is 167 Å². The molecule has 1 amide bonds. The molecule has 0 spiro atoms. The highest BCUT2D eigenvalue weighted by Gasteiger charge is 2.17. The van der Waals surface area contributed by atoms with Gasteiger partial charge in [0.2, 0.25) is 0 Å². The number of aromatic amines is 1. The molecule has 2 aromatic heterocycles. The number of rotatable bonds is 5. The SMILES string of the molecule is NC(=O)c1n[nH]c2c(NCc3ccc(P(=O)(O)O)cc3)ncnc12. The van der Waals surface area contributed by atoms with Crippen LogP contribution in [0.4, 0.5) is 5.82 Å². The van der Waals surface area contributed by atoms with Crippen LogP contribution in [-0.2, 0) is 11.1 Å². The predicted molar refractivity (Wildman–Crippen MR) is 85.6 cm³/mol. The summed E-state index contributed by atoms with van der Waals surface area (Å²) in [5.41, 5.74) is 6.80. The van der Waals surface area contributed by atoms with Crippen molar-refractivity contribution in [1.29, 1.82) is 0 Å². The highest BCUT2D eigenvalue weighted by molar-refractivity contribution is 7.60. The number of amides is 1. The van der Waals surface area contributed by atoms with Gasteiger partial charge in [0.15, 0.2) is 11.5 Å². The van der Waals surface area contributed by atoms with E-state index in [2.05, 4.69) is 25.5 Å². The third kappa shape index (κ3) is 3.11. The normalized spacial score (nSPS) is 11.6. The molecule has 2 heterocycles. The van der Waals surface area contributed by atoms with Crippen molar-refractivity contribution in [2.75, 3.05) is 5.32 Å². The van der Waals surface area contributed by atoms with Gasteiger partial charge in [0.25, 0.3) is 5.91 Å². The van der Waals surface area contributed by atoms with Gasteiger partial charge in [-0.2, -0.15) is 5.10 Å². The summed E-state index contributed by atoms with van der Waals surface area (Å²) in [7, 11) is -4.25. The lowest BCUT2D eigenvalue weighted by Gasteiger charge is -2.08. The van der Waals surface area contributed by atoms with E-state index >= 15 is 0 Å². The van der Waals surface area contributed by atoms with Gasteiger partial charge in [-0.1, -0.05) is 12.1 Å². The van der Waals surface area contributed by atoms with Crippen LogP contribution in [0.1, 0.15) is 16.1 Å². The average molecular weight is 348 g/mol. The number of primary amides is 1. The molecule has 11 heteroatoms. The Morgan fingerprint density at radius 1 is 1.25 bits per heavy atom. The van der Waals surface area contributed by atoms with Crippen LogP contribution in [0.25, 0.3) is 11.0 Å². The van der Waals surface area contributed by atoms with E-state index in [1.807, 2.05) is 0 Å². The highest BCUT2D eigenvalue weighted by Crippen LogP contribution is 2.32. The van der Waals surface area contributed by atoms with E-state index in [0.29, 0.717) is 23.4 Å². The van der Waals surface area contributed by atoms with Crippen LogP contribution in [-0.4, -0.2) is 35.9 Å². The Bertz CT molecular complexity index is 949. The van der Waals surface area contributed by atoms with Gasteiger partial charge in [-0.3, -0.25) is 14.5 Å². The number of fused-ring (bicyclic) bond motifs is 1. The molecule has 0 aliphatic rings. The maximum atomic E-state index is 11.3. The number of anilines is 1. The largest absolute Gasteiger partial charge is 0.364 e.